The first-order valence-corrected chi connectivity index (χ1v) is 8.60. The molecule has 0 bridgehead atoms. The van der Waals surface area contributed by atoms with Gasteiger partial charge in [0.1, 0.15) is 36.8 Å². The summed E-state index contributed by atoms with van der Waals surface area (Å²) in [7, 11) is 0. The number of carboxylic acid groups (broad SMARTS) is 1. The Hall–Kier alpha value is -2.20. The van der Waals surface area contributed by atoms with E-state index in [0.717, 1.165) is 0 Å². The summed E-state index contributed by atoms with van der Waals surface area (Å²) >= 11 is 0. The van der Waals surface area contributed by atoms with E-state index in [-0.39, 0.29) is 23.8 Å². The molecule has 27 heavy (non-hydrogen) atoms. The minimum Gasteiger partial charge on any atom is -0.478 e. The van der Waals surface area contributed by atoms with Gasteiger partial charge in [-0.1, -0.05) is 13.8 Å². The maximum absolute atomic E-state index is 11.8. The molecule has 1 aliphatic heterocycles. The zero-order valence-electron chi connectivity index (χ0n) is 15.0. The number of aliphatic hydroxyl groups excluding tert-OH is 3. The van der Waals surface area contributed by atoms with Gasteiger partial charge in [-0.15, -0.1) is 0 Å². The third kappa shape index (κ3) is 5.16. The van der Waals surface area contributed by atoms with Crippen molar-refractivity contribution in [3.63, 3.8) is 0 Å². The molecule has 0 unspecified atom stereocenters. The lowest BCUT2D eigenvalue weighted by molar-refractivity contribution is -0.278. The molecule has 4 N–H and O–H groups in total. The molecular weight excluding hydrogens is 360 g/mol. The SMILES string of the molecule is CC[C@H](C)C(=O)OC[C@H]1O[C@@H](Oc2ccc(C(=O)O)cc2)[C@H](O)[C@@H](O)[C@@H]1O. The van der Waals surface area contributed by atoms with Crippen LogP contribution in [0, 0.1) is 5.92 Å². The van der Waals surface area contributed by atoms with Crippen LogP contribution in [0.15, 0.2) is 24.3 Å². The lowest BCUT2D eigenvalue weighted by Gasteiger charge is -2.40. The number of carbonyl (C=O) groups excluding carboxylic acids is 1. The van der Waals surface area contributed by atoms with E-state index in [2.05, 4.69) is 0 Å². The normalized spacial score (nSPS) is 29.0. The Morgan fingerprint density at radius 3 is 2.30 bits per heavy atom. The molecule has 0 aromatic heterocycles. The quantitative estimate of drug-likeness (QED) is 0.483. The number of rotatable bonds is 7. The molecule has 1 aliphatic rings. The van der Waals surface area contributed by atoms with Gasteiger partial charge in [0.15, 0.2) is 0 Å². The molecule has 6 atom stereocenters. The maximum atomic E-state index is 11.8. The number of benzene rings is 1. The molecule has 1 saturated heterocycles. The summed E-state index contributed by atoms with van der Waals surface area (Å²) in [6.45, 7) is 3.22. The Morgan fingerprint density at radius 1 is 1.11 bits per heavy atom. The van der Waals surface area contributed by atoms with Gasteiger partial charge < -0.3 is 34.6 Å². The number of carbonyl (C=O) groups is 2. The average molecular weight is 384 g/mol. The fourth-order valence-corrected chi connectivity index (χ4v) is 2.43. The summed E-state index contributed by atoms with van der Waals surface area (Å²) in [6, 6.07) is 5.36. The van der Waals surface area contributed by atoms with Gasteiger partial charge in [-0.05, 0) is 30.7 Å². The van der Waals surface area contributed by atoms with Crippen molar-refractivity contribution in [1.82, 2.24) is 0 Å². The van der Waals surface area contributed by atoms with Crippen molar-refractivity contribution in [3.8, 4) is 5.75 Å². The minimum atomic E-state index is -1.57. The molecule has 9 heteroatoms. The van der Waals surface area contributed by atoms with E-state index >= 15 is 0 Å². The molecule has 1 aromatic carbocycles. The zero-order chi connectivity index (χ0) is 20.1. The molecule has 9 nitrogen and oxygen atoms in total. The van der Waals surface area contributed by atoms with Crippen LogP contribution in [0.1, 0.15) is 30.6 Å². The van der Waals surface area contributed by atoms with E-state index in [1.54, 1.807) is 6.92 Å². The lowest BCUT2D eigenvalue weighted by atomic mass is 9.99. The largest absolute Gasteiger partial charge is 0.478 e. The Bertz CT molecular complexity index is 645. The highest BCUT2D eigenvalue weighted by atomic mass is 16.7. The highest BCUT2D eigenvalue weighted by Gasteiger charge is 2.45. The van der Waals surface area contributed by atoms with Gasteiger partial charge in [-0.25, -0.2) is 4.79 Å². The van der Waals surface area contributed by atoms with Crippen LogP contribution in [0.3, 0.4) is 0 Å². The van der Waals surface area contributed by atoms with Crippen molar-refractivity contribution >= 4 is 11.9 Å². The van der Waals surface area contributed by atoms with Crippen molar-refractivity contribution in [3.05, 3.63) is 29.8 Å². The monoisotopic (exact) mass is 384 g/mol. The Morgan fingerprint density at radius 2 is 1.74 bits per heavy atom. The zero-order valence-corrected chi connectivity index (χ0v) is 15.0. The second kappa shape index (κ2) is 9.14. The Balaban J connectivity index is 2.03. The average Bonchev–Trinajstić information content (AvgIpc) is 2.66. The number of hydrogen-bond acceptors (Lipinski definition) is 8. The van der Waals surface area contributed by atoms with Crippen molar-refractivity contribution in [2.45, 2.75) is 51.0 Å². The van der Waals surface area contributed by atoms with Crippen molar-refractivity contribution < 1.29 is 44.2 Å². The number of aromatic carboxylic acids is 1. The van der Waals surface area contributed by atoms with E-state index < -0.39 is 42.6 Å². The highest BCUT2D eigenvalue weighted by molar-refractivity contribution is 5.87. The van der Waals surface area contributed by atoms with Crippen molar-refractivity contribution in [2.24, 2.45) is 5.92 Å². The smallest absolute Gasteiger partial charge is 0.335 e. The van der Waals surface area contributed by atoms with Gasteiger partial charge in [-0.3, -0.25) is 4.79 Å². The van der Waals surface area contributed by atoms with Gasteiger partial charge >= 0.3 is 11.9 Å². The first-order valence-electron chi connectivity index (χ1n) is 8.60. The minimum absolute atomic E-state index is 0.0535. The lowest BCUT2D eigenvalue weighted by Crippen LogP contribution is -2.60. The third-order valence-electron chi connectivity index (χ3n) is 4.43. The summed E-state index contributed by atoms with van der Waals surface area (Å²) in [6.07, 6.45) is -6.45. The number of hydrogen-bond donors (Lipinski definition) is 4. The predicted molar refractivity (Wildman–Crippen MR) is 91.1 cm³/mol. The summed E-state index contributed by atoms with van der Waals surface area (Å²) in [5.41, 5.74) is 0.0535. The van der Waals surface area contributed by atoms with Crippen LogP contribution in [0.25, 0.3) is 0 Å². The Kier molecular flexibility index (Phi) is 7.14. The Labute approximate surface area is 156 Å². The van der Waals surface area contributed by atoms with Gasteiger partial charge in [0, 0.05) is 0 Å². The van der Waals surface area contributed by atoms with Gasteiger partial charge in [0.2, 0.25) is 6.29 Å². The van der Waals surface area contributed by atoms with Crippen LogP contribution in [0.5, 0.6) is 5.75 Å². The third-order valence-corrected chi connectivity index (χ3v) is 4.43. The van der Waals surface area contributed by atoms with Crippen LogP contribution >= 0.6 is 0 Å². The van der Waals surface area contributed by atoms with E-state index in [9.17, 15) is 24.9 Å². The summed E-state index contributed by atoms with van der Waals surface area (Å²) in [4.78, 5) is 22.6. The molecule has 0 radical (unpaired) electrons. The topological polar surface area (TPSA) is 143 Å². The molecule has 1 fully saturated rings. The molecule has 2 rings (SSSR count). The molecule has 1 aromatic rings. The fourth-order valence-electron chi connectivity index (χ4n) is 2.43. The van der Waals surface area contributed by atoms with Gasteiger partial charge in [0.05, 0.1) is 11.5 Å². The number of ether oxygens (including phenoxy) is 3. The van der Waals surface area contributed by atoms with Crippen LogP contribution in [0.2, 0.25) is 0 Å². The molecule has 0 saturated carbocycles. The molecular formula is C18H24O9. The fraction of sp³-hybridized carbons (Fsp3) is 0.556. The standard InChI is InChI=1S/C18H24O9/c1-3-9(2)17(24)25-8-12-13(19)14(20)15(21)18(27-12)26-11-6-4-10(5-7-11)16(22)23/h4-7,9,12-15,18-21H,3,8H2,1-2H3,(H,22,23)/t9-,12+,13+,14-,15+,18+/m0/s1. The molecule has 150 valence electrons. The van der Waals surface area contributed by atoms with E-state index in [0.29, 0.717) is 6.42 Å². The predicted octanol–water partition coefficient (Wildman–Crippen LogP) is 0.160. The van der Waals surface area contributed by atoms with E-state index in [4.69, 9.17) is 19.3 Å². The number of esters is 1. The van der Waals surface area contributed by atoms with Crippen LogP contribution in [-0.2, 0) is 14.3 Å². The summed E-state index contributed by atoms with van der Waals surface area (Å²) in [5, 5.41) is 39.0. The first-order chi connectivity index (χ1) is 12.7. The second-order valence-electron chi connectivity index (χ2n) is 6.40. The van der Waals surface area contributed by atoms with Gasteiger partial charge in [-0.2, -0.15) is 0 Å². The van der Waals surface area contributed by atoms with Crippen molar-refractivity contribution in [2.75, 3.05) is 6.61 Å². The highest BCUT2D eigenvalue weighted by Crippen LogP contribution is 2.25. The van der Waals surface area contributed by atoms with E-state index in [1.165, 1.54) is 24.3 Å². The van der Waals surface area contributed by atoms with Gasteiger partial charge in [0.25, 0.3) is 0 Å². The number of carboxylic acids is 1. The molecule has 0 aliphatic carbocycles. The van der Waals surface area contributed by atoms with Crippen LogP contribution < -0.4 is 4.74 Å². The molecule has 0 spiro atoms. The van der Waals surface area contributed by atoms with Crippen LogP contribution in [-0.4, -0.2) is 69.7 Å². The maximum Gasteiger partial charge on any atom is 0.335 e. The first kappa shape index (κ1) is 21.1. The van der Waals surface area contributed by atoms with Crippen LogP contribution in [0.4, 0.5) is 0 Å². The molecule has 1 heterocycles. The van der Waals surface area contributed by atoms with E-state index in [1.807, 2.05) is 6.92 Å². The van der Waals surface area contributed by atoms with Crippen molar-refractivity contribution in [1.29, 1.82) is 0 Å². The molecule has 0 amide bonds. The summed E-state index contributed by atoms with van der Waals surface area (Å²) < 4.78 is 16.0. The summed E-state index contributed by atoms with van der Waals surface area (Å²) in [5.74, 6) is -1.68. The second-order valence-corrected chi connectivity index (χ2v) is 6.40. The number of aliphatic hydroxyl groups is 3.